The van der Waals surface area contributed by atoms with Crippen LogP contribution in [0.5, 0.6) is 0 Å². The standard InChI is InChI=1S/C21H27N3O3S/c1-3-24(19-10-6-4-7-11-19)21(25)18(2)22-14-16-23(17-15-22)28(26,27)20-12-8-5-9-13-20/h4-13,18H,3,14-17H2,1-2H3/p+1/t18-/m0/s1. The van der Waals surface area contributed by atoms with Gasteiger partial charge >= 0.3 is 0 Å². The third-order valence-corrected chi connectivity index (χ3v) is 7.29. The number of piperazine rings is 1. The molecule has 1 amide bonds. The summed E-state index contributed by atoms with van der Waals surface area (Å²) in [4.78, 5) is 16.3. The van der Waals surface area contributed by atoms with Gasteiger partial charge in [-0.15, -0.1) is 0 Å². The van der Waals surface area contributed by atoms with E-state index in [0.717, 1.165) is 10.6 Å². The molecule has 0 spiro atoms. The van der Waals surface area contributed by atoms with Crippen LogP contribution in [0.2, 0.25) is 0 Å². The van der Waals surface area contributed by atoms with Crippen LogP contribution in [0.4, 0.5) is 5.69 Å². The molecule has 0 unspecified atom stereocenters. The smallest absolute Gasteiger partial charge is 0.284 e. The Hall–Kier alpha value is -2.22. The van der Waals surface area contributed by atoms with E-state index in [1.165, 1.54) is 4.31 Å². The van der Waals surface area contributed by atoms with Crippen LogP contribution < -0.4 is 9.80 Å². The van der Waals surface area contributed by atoms with Crippen molar-refractivity contribution in [3.63, 3.8) is 0 Å². The molecule has 2 aromatic rings. The second-order valence-corrected chi connectivity index (χ2v) is 8.95. The van der Waals surface area contributed by atoms with Crippen LogP contribution >= 0.6 is 0 Å². The molecule has 2 aromatic carbocycles. The molecule has 1 aliphatic rings. The van der Waals surface area contributed by atoms with E-state index in [0.29, 0.717) is 37.6 Å². The Bertz CT molecular complexity index is 880. The van der Waals surface area contributed by atoms with Gasteiger partial charge < -0.3 is 9.80 Å². The van der Waals surface area contributed by atoms with E-state index in [2.05, 4.69) is 0 Å². The highest BCUT2D eigenvalue weighted by Crippen LogP contribution is 2.16. The first-order valence-corrected chi connectivity index (χ1v) is 11.2. The maximum Gasteiger partial charge on any atom is 0.284 e. The number of para-hydroxylation sites is 1. The van der Waals surface area contributed by atoms with E-state index in [-0.39, 0.29) is 11.9 Å². The third-order valence-electron chi connectivity index (χ3n) is 5.38. The number of carbonyl (C=O) groups is 1. The van der Waals surface area contributed by atoms with Crippen molar-refractivity contribution in [3.05, 3.63) is 60.7 Å². The molecule has 1 saturated heterocycles. The van der Waals surface area contributed by atoms with Crippen LogP contribution in [0.15, 0.2) is 65.6 Å². The first-order chi connectivity index (χ1) is 13.4. The fourth-order valence-electron chi connectivity index (χ4n) is 3.67. The van der Waals surface area contributed by atoms with Gasteiger partial charge in [-0.3, -0.25) is 4.79 Å². The lowest BCUT2D eigenvalue weighted by atomic mass is 10.2. The van der Waals surface area contributed by atoms with Crippen molar-refractivity contribution in [1.29, 1.82) is 0 Å². The number of quaternary nitrogens is 1. The number of nitrogens with zero attached hydrogens (tertiary/aromatic N) is 2. The van der Waals surface area contributed by atoms with Crippen LogP contribution in [0, 0.1) is 0 Å². The summed E-state index contributed by atoms with van der Waals surface area (Å²) in [5.74, 6) is 0.0723. The minimum atomic E-state index is -3.47. The molecule has 1 aliphatic heterocycles. The van der Waals surface area contributed by atoms with Crippen molar-refractivity contribution in [1.82, 2.24) is 4.31 Å². The molecule has 0 bridgehead atoms. The maximum absolute atomic E-state index is 13.0. The lowest BCUT2D eigenvalue weighted by Crippen LogP contribution is -3.19. The molecule has 7 heteroatoms. The summed E-state index contributed by atoms with van der Waals surface area (Å²) < 4.78 is 27.1. The second kappa shape index (κ2) is 8.86. The van der Waals surface area contributed by atoms with E-state index in [1.807, 2.05) is 44.2 Å². The molecular formula is C21H28N3O3S+. The number of hydrogen-bond donors (Lipinski definition) is 1. The zero-order chi connectivity index (χ0) is 20.1. The fraction of sp³-hybridized carbons (Fsp3) is 0.381. The van der Waals surface area contributed by atoms with Gasteiger partial charge in [0.1, 0.15) is 0 Å². The van der Waals surface area contributed by atoms with E-state index in [9.17, 15) is 13.2 Å². The van der Waals surface area contributed by atoms with Gasteiger partial charge in [0.15, 0.2) is 6.04 Å². The second-order valence-electron chi connectivity index (χ2n) is 7.02. The molecule has 28 heavy (non-hydrogen) atoms. The van der Waals surface area contributed by atoms with Crippen molar-refractivity contribution in [2.24, 2.45) is 0 Å². The quantitative estimate of drug-likeness (QED) is 0.785. The number of sulfonamides is 1. The molecule has 0 aliphatic carbocycles. The Balaban J connectivity index is 1.65. The van der Waals surface area contributed by atoms with E-state index in [4.69, 9.17) is 0 Å². The Kier molecular flexibility index (Phi) is 6.49. The van der Waals surface area contributed by atoms with Crippen LogP contribution in [0.1, 0.15) is 13.8 Å². The summed E-state index contributed by atoms with van der Waals surface area (Å²) in [7, 11) is -3.47. The number of benzene rings is 2. The molecule has 6 nitrogen and oxygen atoms in total. The normalized spacial score (nSPS) is 17.2. The minimum absolute atomic E-state index is 0.0723. The summed E-state index contributed by atoms with van der Waals surface area (Å²) in [6.07, 6.45) is 0. The summed E-state index contributed by atoms with van der Waals surface area (Å²) in [5.41, 5.74) is 0.895. The van der Waals surface area contributed by atoms with Gasteiger partial charge in [0.2, 0.25) is 10.0 Å². The lowest BCUT2D eigenvalue weighted by molar-refractivity contribution is -0.917. The molecule has 0 radical (unpaired) electrons. The fourth-order valence-corrected chi connectivity index (χ4v) is 5.13. The molecule has 1 heterocycles. The molecular weight excluding hydrogens is 374 g/mol. The van der Waals surface area contributed by atoms with Gasteiger partial charge in [0.05, 0.1) is 31.1 Å². The lowest BCUT2D eigenvalue weighted by Gasteiger charge is -2.35. The Labute approximate surface area is 167 Å². The molecule has 3 rings (SSSR count). The predicted molar refractivity (Wildman–Crippen MR) is 110 cm³/mol. The van der Waals surface area contributed by atoms with E-state index >= 15 is 0 Å². The number of amides is 1. The van der Waals surface area contributed by atoms with Crippen molar-refractivity contribution in [2.45, 2.75) is 24.8 Å². The number of anilines is 1. The third kappa shape index (κ3) is 4.27. The number of hydrogen-bond acceptors (Lipinski definition) is 3. The molecule has 0 saturated carbocycles. The number of carbonyl (C=O) groups excluding carboxylic acids is 1. The summed E-state index contributed by atoms with van der Waals surface area (Å²) in [6, 6.07) is 18.0. The molecule has 0 aromatic heterocycles. The Morgan fingerprint density at radius 3 is 2.11 bits per heavy atom. The van der Waals surface area contributed by atoms with Crippen molar-refractivity contribution >= 4 is 21.6 Å². The van der Waals surface area contributed by atoms with Crippen LogP contribution in [0.3, 0.4) is 0 Å². The molecule has 1 fully saturated rings. The van der Waals surface area contributed by atoms with Gasteiger partial charge in [0, 0.05) is 12.2 Å². The minimum Gasteiger partial charge on any atom is -0.323 e. The Morgan fingerprint density at radius 2 is 1.57 bits per heavy atom. The topological polar surface area (TPSA) is 62.1 Å². The first kappa shape index (κ1) is 20.5. The first-order valence-electron chi connectivity index (χ1n) is 9.71. The van der Waals surface area contributed by atoms with Gasteiger partial charge in [-0.1, -0.05) is 36.4 Å². The van der Waals surface area contributed by atoms with Gasteiger partial charge in [-0.2, -0.15) is 4.31 Å². The predicted octanol–water partition coefficient (Wildman–Crippen LogP) is 1.02. The van der Waals surface area contributed by atoms with Crippen molar-refractivity contribution in [3.8, 4) is 0 Å². The Morgan fingerprint density at radius 1 is 1.04 bits per heavy atom. The van der Waals surface area contributed by atoms with Crippen LogP contribution in [-0.2, 0) is 14.8 Å². The largest absolute Gasteiger partial charge is 0.323 e. The highest BCUT2D eigenvalue weighted by molar-refractivity contribution is 7.89. The van der Waals surface area contributed by atoms with Crippen molar-refractivity contribution in [2.75, 3.05) is 37.6 Å². The maximum atomic E-state index is 13.0. The zero-order valence-corrected chi connectivity index (χ0v) is 17.2. The van der Waals surface area contributed by atoms with E-state index < -0.39 is 10.0 Å². The van der Waals surface area contributed by atoms with E-state index in [1.54, 1.807) is 35.2 Å². The number of nitrogens with one attached hydrogen (secondary N) is 1. The SMILES string of the molecule is CCN(C(=O)[C@H](C)[NH+]1CCN(S(=O)(=O)c2ccccc2)CC1)c1ccccc1. The summed E-state index contributed by atoms with van der Waals surface area (Å²) in [5, 5.41) is 0. The average Bonchev–Trinajstić information content (AvgIpc) is 2.75. The van der Waals surface area contributed by atoms with Gasteiger partial charge in [-0.25, -0.2) is 8.42 Å². The summed E-state index contributed by atoms with van der Waals surface area (Å²) >= 11 is 0. The molecule has 1 N–H and O–H groups in total. The van der Waals surface area contributed by atoms with Crippen LogP contribution in [-0.4, -0.2) is 57.4 Å². The van der Waals surface area contributed by atoms with Crippen LogP contribution in [0.25, 0.3) is 0 Å². The highest BCUT2D eigenvalue weighted by atomic mass is 32.2. The monoisotopic (exact) mass is 402 g/mol. The zero-order valence-electron chi connectivity index (χ0n) is 16.4. The molecule has 1 atom stereocenters. The highest BCUT2D eigenvalue weighted by Gasteiger charge is 2.35. The van der Waals surface area contributed by atoms with Crippen molar-refractivity contribution < 1.29 is 18.1 Å². The van der Waals surface area contributed by atoms with Gasteiger partial charge in [-0.05, 0) is 38.1 Å². The summed E-state index contributed by atoms with van der Waals surface area (Å²) in [6.45, 7) is 6.58. The average molecular weight is 403 g/mol. The number of rotatable bonds is 6. The molecule has 150 valence electrons. The number of likely N-dealkylation sites (N-methyl/N-ethyl adjacent to an activating group) is 1. The van der Waals surface area contributed by atoms with Gasteiger partial charge in [0.25, 0.3) is 5.91 Å².